The predicted molar refractivity (Wildman–Crippen MR) is 112 cm³/mol. The molecule has 0 fully saturated rings. The van der Waals surface area contributed by atoms with Crippen LogP contribution in [0.5, 0.6) is 0 Å². The number of carbonyl (C=O) groups excluding carboxylic acids is 1. The van der Waals surface area contributed by atoms with Crippen LogP contribution in [0.3, 0.4) is 0 Å². The van der Waals surface area contributed by atoms with Crippen molar-refractivity contribution >= 4 is 28.6 Å². The summed E-state index contributed by atoms with van der Waals surface area (Å²) in [5.41, 5.74) is 1.55. The molecular formula is C21H23N3O3S. The molecule has 7 heteroatoms. The zero-order chi connectivity index (χ0) is 19.9. The first kappa shape index (κ1) is 20.1. The van der Waals surface area contributed by atoms with E-state index in [0.29, 0.717) is 29.2 Å². The van der Waals surface area contributed by atoms with E-state index in [4.69, 9.17) is 4.74 Å². The lowest BCUT2D eigenvalue weighted by Crippen LogP contribution is -2.29. The van der Waals surface area contributed by atoms with Gasteiger partial charge in [0.25, 0.3) is 5.56 Å². The van der Waals surface area contributed by atoms with Crippen molar-refractivity contribution in [2.45, 2.75) is 24.7 Å². The number of hydrogen-bond donors (Lipinski definition) is 1. The normalized spacial score (nSPS) is 12.1. The Kier molecular flexibility index (Phi) is 6.84. The minimum atomic E-state index is -0.122. The molecule has 0 saturated heterocycles. The molecule has 1 heterocycles. The van der Waals surface area contributed by atoms with Crippen LogP contribution in [-0.2, 0) is 16.1 Å². The number of carbonyl (C=O) groups is 1. The van der Waals surface area contributed by atoms with E-state index >= 15 is 0 Å². The Balaban J connectivity index is 1.75. The van der Waals surface area contributed by atoms with Crippen LogP contribution in [-0.4, -0.2) is 34.9 Å². The van der Waals surface area contributed by atoms with Crippen molar-refractivity contribution in [3.63, 3.8) is 0 Å². The maximum absolute atomic E-state index is 12.8. The van der Waals surface area contributed by atoms with Gasteiger partial charge in [-0.25, -0.2) is 4.98 Å². The highest BCUT2D eigenvalue weighted by atomic mass is 32.2. The molecule has 1 amide bonds. The summed E-state index contributed by atoms with van der Waals surface area (Å²) in [4.78, 5) is 29.8. The number of nitrogens with zero attached hydrogens (tertiary/aromatic N) is 2. The number of para-hydroxylation sites is 1. The van der Waals surface area contributed by atoms with Gasteiger partial charge < -0.3 is 10.1 Å². The second-order valence-corrected chi connectivity index (χ2v) is 7.29. The van der Waals surface area contributed by atoms with Crippen molar-refractivity contribution in [1.82, 2.24) is 14.9 Å². The Labute approximate surface area is 167 Å². The lowest BCUT2D eigenvalue weighted by atomic mass is 10.1. The smallest absolute Gasteiger partial charge is 0.262 e. The minimum absolute atomic E-state index is 0.0884. The number of nitrogens with one attached hydrogen (secondary N) is 1. The topological polar surface area (TPSA) is 73.2 Å². The van der Waals surface area contributed by atoms with E-state index in [9.17, 15) is 9.59 Å². The van der Waals surface area contributed by atoms with Crippen LogP contribution in [0, 0.1) is 0 Å². The summed E-state index contributed by atoms with van der Waals surface area (Å²) in [5.74, 6) is 0.0663. The maximum atomic E-state index is 12.8. The number of benzene rings is 2. The molecular weight excluding hydrogens is 374 g/mol. The van der Waals surface area contributed by atoms with Gasteiger partial charge in [0.15, 0.2) is 5.16 Å². The summed E-state index contributed by atoms with van der Waals surface area (Å²) in [7, 11) is 1.59. The molecule has 6 nitrogen and oxygen atoms in total. The summed E-state index contributed by atoms with van der Waals surface area (Å²) in [6, 6.07) is 16.9. The first-order valence-electron chi connectivity index (χ1n) is 9.05. The summed E-state index contributed by atoms with van der Waals surface area (Å²) < 4.78 is 6.69. The van der Waals surface area contributed by atoms with Crippen LogP contribution < -0.4 is 10.9 Å². The van der Waals surface area contributed by atoms with E-state index in [2.05, 4.69) is 10.3 Å². The van der Waals surface area contributed by atoms with E-state index in [1.165, 1.54) is 11.8 Å². The fraction of sp³-hybridized carbons (Fsp3) is 0.286. The zero-order valence-electron chi connectivity index (χ0n) is 15.9. The molecule has 0 unspecified atom stereocenters. The standard InChI is InChI=1S/C21H23N3O3S/c1-15(16-8-4-3-5-9-16)22-19(25)14-28-21-23-18-11-7-6-10-17(18)20(26)24(21)12-13-27-2/h3-11,15H,12-14H2,1-2H3,(H,22,25)/t15-/m0/s1. The Morgan fingerprint density at radius 1 is 1.18 bits per heavy atom. The number of hydrogen-bond acceptors (Lipinski definition) is 5. The van der Waals surface area contributed by atoms with Crippen LogP contribution in [0.2, 0.25) is 0 Å². The summed E-state index contributed by atoms with van der Waals surface area (Å²) in [6.45, 7) is 2.73. The molecule has 1 N–H and O–H groups in total. The second kappa shape index (κ2) is 9.52. The van der Waals surface area contributed by atoms with Crippen molar-refractivity contribution in [3.05, 3.63) is 70.5 Å². The Morgan fingerprint density at radius 2 is 1.89 bits per heavy atom. The molecule has 0 aliphatic rings. The highest BCUT2D eigenvalue weighted by Crippen LogP contribution is 2.18. The molecule has 0 aliphatic carbocycles. The molecule has 0 radical (unpaired) electrons. The minimum Gasteiger partial charge on any atom is -0.383 e. The highest BCUT2D eigenvalue weighted by Gasteiger charge is 2.14. The molecule has 146 valence electrons. The average Bonchev–Trinajstić information content (AvgIpc) is 2.72. The molecule has 28 heavy (non-hydrogen) atoms. The summed E-state index contributed by atoms with van der Waals surface area (Å²) >= 11 is 1.26. The van der Waals surface area contributed by atoms with Crippen molar-refractivity contribution in [2.24, 2.45) is 0 Å². The Bertz CT molecular complexity index is 1000. The molecule has 1 atom stereocenters. The van der Waals surface area contributed by atoms with Crippen molar-refractivity contribution < 1.29 is 9.53 Å². The lowest BCUT2D eigenvalue weighted by Gasteiger charge is -2.15. The van der Waals surface area contributed by atoms with Gasteiger partial charge in [0.2, 0.25) is 5.91 Å². The monoisotopic (exact) mass is 397 g/mol. The van der Waals surface area contributed by atoms with E-state index in [1.54, 1.807) is 23.8 Å². The number of rotatable bonds is 8. The van der Waals surface area contributed by atoms with Gasteiger partial charge in [-0.05, 0) is 24.6 Å². The van der Waals surface area contributed by atoms with Crippen molar-refractivity contribution in [2.75, 3.05) is 19.5 Å². The highest BCUT2D eigenvalue weighted by molar-refractivity contribution is 7.99. The first-order valence-corrected chi connectivity index (χ1v) is 10.0. The van der Waals surface area contributed by atoms with Crippen LogP contribution in [0.25, 0.3) is 10.9 Å². The third-order valence-corrected chi connectivity index (χ3v) is 5.33. The van der Waals surface area contributed by atoms with Gasteiger partial charge in [0, 0.05) is 7.11 Å². The van der Waals surface area contributed by atoms with Gasteiger partial charge in [-0.15, -0.1) is 0 Å². The molecule has 2 aromatic carbocycles. The number of fused-ring (bicyclic) bond motifs is 1. The SMILES string of the molecule is COCCn1c(SCC(=O)N[C@@H](C)c2ccccc2)nc2ccccc2c1=O. The predicted octanol–water partition coefficient (Wildman–Crippen LogP) is 3.01. The van der Waals surface area contributed by atoms with Crippen molar-refractivity contribution in [1.29, 1.82) is 0 Å². The molecule has 1 aromatic heterocycles. The number of amides is 1. The van der Waals surface area contributed by atoms with E-state index in [-0.39, 0.29) is 23.3 Å². The number of ether oxygens (including phenoxy) is 1. The molecule has 0 aliphatic heterocycles. The maximum Gasteiger partial charge on any atom is 0.262 e. The number of methoxy groups -OCH3 is 1. The van der Waals surface area contributed by atoms with Crippen LogP contribution in [0.1, 0.15) is 18.5 Å². The molecule has 0 bridgehead atoms. The van der Waals surface area contributed by atoms with E-state index in [1.807, 2.05) is 49.4 Å². The molecule has 3 rings (SSSR count). The van der Waals surface area contributed by atoms with Crippen LogP contribution in [0.15, 0.2) is 64.5 Å². The Hall–Kier alpha value is -2.64. The van der Waals surface area contributed by atoms with Gasteiger partial charge in [-0.1, -0.05) is 54.2 Å². The van der Waals surface area contributed by atoms with E-state index in [0.717, 1.165) is 5.56 Å². The molecule has 0 saturated carbocycles. The average molecular weight is 398 g/mol. The number of aromatic nitrogens is 2. The largest absolute Gasteiger partial charge is 0.383 e. The van der Waals surface area contributed by atoms with Crippen LogP contribution in [0.4, 0.5) is 0 Å². The summed E-state index contributed by atoms with van der Waals surface area (Å²) in [6.07, 6.45) is 0. The zero-order valence-corrected chi connectivity index (χ0v) is 16.7. The Morgan fingerprint density at radius 3 is 2.64 bits per heavy atom. The van der Waals surface area contributed by atoms with E-state index < -0.39 is 0 Å². The fourth-order valence-corrected chi connectivity index (χ4v) is 3.71. The summed E-state index contributed by atoms with van der Waals surface area (Å²) in [5, 5.41) is 4.06. The van der Waals surface area contributed by atoms with Gasteiger partial charge in [-0.2, -0.15) is 0 Å². The third kappa shape index (κ3) is 4.79. The number of thioether (sulfide) groups is 1. The van der Waals surface area contributed by atoms with Crippen LogP contribution >= 0.6 is 11.8 Å². The van der Waals surface area contributed by atoms with Gasteiger partial charge in [0.1, 0.15) is 0 Å². The third-order valence-electron chi connectivity index (χ3n) is 4.36. The van der Waals surface area contributed by atoms with Gasteiger partial charge in [0.05, 0.1) is 35.8 Å². The fourth-order valence-electron chi connectivity index (χ4n) is 2.88. The van der Waals surface area contributed by atoms with Crippen molar-refractivity contribution in [3.8, 4) is 0 Å². The second-order valence-electron chi connectivity index (χ2n) is 6.35. The molecule has 3 aromatic rings. The lowest BCUT2D eigenvalue weighted by molar-refractivity contribution is -0.119. The first-order chi connectivity index (χ1) is 13.6. The quantitative estimate of drug-likeness (QED) is 0.467. The van der Waals surface area contributed by atoms with Gasteiger partial charge >= 0.3 is 0 Å². The molecule has 0 spiro atoms. The van der Waals surface area contributed by atoms with Gasteiger partial charge in [-0.3, -0.25) is 14.2 Å².